The van der Waals surface area contributed by atoms with Crippen LogP contribution in [0.15, 0.2) is 94.7 Å². The zero-order valence-corrected chi connectivity index (χ0v) is 76.6. The number of anilines is 2. The summed E-state index contributed by atoms with van der Waals surface area (Å²) in [5.74, 6) is -6.98. The first-order valence-electron chi connectivity index (χ1n) is 45.4. The number of aromatic nitrogens is 5. The molecule has 4 aliphatic heterocycles. The van der Waals surface area contributed by atoms with E-state index in [9.17, 15) is 39.0 Å². The van der Waals surface area contributed by atoms with Gasteiger partial charge in [0.05, 0.1) is 148 Å². The van der Waals surface area contributed by atoms with Crippen molar-refractivity contribution in [3.63, 3.8) is 0 Å². The number of ketones is 2. The topological polar surface area (TPSA) is 422 Å². The molecule has 34 heteroatoms. The van der Waals surface area contributed by atoms with Gasteiger partial charge in [-0.2, -0.15) is 10.1 Å². The van der Waals surface area contributed by atoms with Crippen molar-refractivity contribution in [2.75, 3.05) is 165 Å². The second kappa shape index (κ2) is 51.9. The smallest absolute Gasteiger partial charge is 0.407 e. The third-order valence-corrected chi connectivity index (χ3v) is 25.0. The number of amides is 3. The number of nitrogens with zero attached hydrogens (tertiary/aromatic N) is 7. The molecule has 3 aromatic heterocycles. The fourth-order valence-electron chi connectivity index (χ4n) is 17.6. The number of esters is 1. The van der Waals surface area contributed by atoms with E-state index in [0.717, 1.165) is 28.7 Å². The number of Topliss-reactive ketones (excluding diaryl/α,β-unsaturated/α-hetero) is 2. The van der Waals surface area contributed by atoms with E-state index in [4.69, 9.17) is 92.0 Å². The molecule has 34 nitrogen and oxygen atoms in total. The monoisotopic (exact) mass is 1790 g/mol. The van der Waals surface area contributed by atoms with Crippen LogP contribution in [0.25, 0.3) is 33.4 Å². The van der Waals surface area contributed by atoms with Crippen LogP contribution in [-0.4, -0.2) is 295 Å². The van der Waals surface area contributed by atoms with E-state index in [1.807, 2.05) is 92.8 Å². The van der Waals surface area contributed by atoms with Crippen molar-refractivity contribution in [3.8, 4) is 11.3 Å². The van der Waals surface area contributed by atoms with E-state index in [1.165, 1.54) is 23.9 Å². The minimum absolute atomic E-state index is 0.00837. The molecular weight excluding hydrogens is 1650 g/mol. The van der Waals surface area contributed by atoms with Gasteiger partial charge < -0.3 is 112 Å². The van der Waals surface area contributed by atoms with Gasteiger partial charge in [0, 0.05) is 90.8 Å². The molecule has 5 aliphatic rings. The maximum atomic E-state index is 14.9. The molecule has 5 aromatic rings. The molecule has 0 spiro atoms. The van der Waals surface area contributed by atoms with Crippen LogP contribution in [0.1, 0.15) is 149 Å². The van der Waals surface area contributed by atoms with Crippen LogP contribution in [0.3, 0.4) is 0 Å². The predicted molar refractivity (Wildman–Crippen MR) is 476 cm³/mol. The van der Waals surface area contributed by atoms with Crippen molar-refractivity contribution in [3.05, 3.63) is 107 Å². The first-order valence-corrected chi connectivity index (χ1v) is 45.4. The van der Waals surface area contributed by atoms with Crippen LogP contribution in [0.2, 0.25) is 0 Å². The number of fused-ring (bicyclic) bond motifs is 6. The number of nitrogens with two attached hydrogens (primary N) is 2. The van der Waals surface area contributed by atoms with Crippen LogP contribution < -0.4 is 16.8 Å². The number of carbonyl (C=O) groups is 6. The first kappa shape index (κ1) is 102. The van der Waals surface area contributed by atoms with E-state index < -0.39 is 96.2 Å². The fourth-order valence-corrected chi connectivity index (χ4v) is 17.6. The highest BCUT2D eigenvalue weighted by atomic mass is 16.6. The Balaban J connectivity index is 0.557. The summed E-state index contributed by atoms with van der Waals surface area (Å²) in [7, 11) is 6.15. The number of oxazole rings is 1. The molecule has 7 N–H and O–H groups in total. The maximum absolute atomic E-state index is 14.9. The number of rotatable bonds is 38. The average molecular weight is 1790 g/mol. The zero-order valence-electron chi connectivity index (χ0n) is 76.6. The molecule has 708 valence electrons. The average Bonchev–Trinajstić information content (AvgIpc) is 1.56. The number of aliphatic hydroxyl groups excluding tert-OH is 1. The number of carbonyl (C=O) groups excluding carboxylic acids is 6. The molecule has 2 bridgehead atoms. The van der Waals surface area contributed by atoms with Gasteiger partial charge in [-0.05, 0) is 148 Å². The number of hydrogen-bond donors (Lipinski definition) is 5. The Morgan fingerprint density at radius 1 is 0.688 bits per heavy atom. The quantitative estimate of drug-likeness (QED) is 0.0106. The summed E-state index contributed by atoms with van der Waals surface area (Å²) in [5.41, 5.74) is 20.1. The van der Waals surface area contributed by atoms with Gasteiger partial charge in [-0.3, -0.25) is 19.2 Å². The van der Waals surface area contributed by atoms with Crippen molar-refractivity contribution in [1.82, 2.24) is 39.8 Å². The van der Waals surface area contributed by atoms with Gasteiger partial charge in [0.25, 0.3) is 17.7 Å². The van der Waals surface area contributed by atoms with Crippen LogP contribution in [-0.2, 0) is 115 Å². The van der Waals surface area contributed by atoms with Gasteiger partial charge in [0.2, 0.25) is 11.7 Å². The lowest BCUT2D eigenvalue weighted by molar-refractivity contribution is -0.265. The lowest BCUT2D eigenvalue weighted by Crippen LogP contribution is -2.61. The number of benzene rings is 2. The summed E-state index contributed by atoms with van der Waals surface area (Å²) in [5, 5.41) is 32.3. The minimum atomic E-state index is -2.46. The van der Waals surface area contributed by atoms with Gasteiger partial charge in [-0.15, -0.1) is 0 Å². The number of methoxy groups -OCH3 is 4. The lowest BCUT2D eigenvalue weighted by atomic mass is 9.78. The molecule has 16 atom stereocenters. The molecule has 3 unspecified atom stereocenters. The molecule has 7 heterocycles. The van der Waals surface area contributed by atoms with Gasteiger partial charge >= 0.3 is 12.1 Å². The summed E-state index contributed by atoms with van der Waals surface area (Å²) in [6.07, 6.45) is 13.0. The van der Waals surface area contributed by atoms with Crippen molar-refractivity contribution in [2.45, 2.75) is 212 Å². The Hall–Kier alpha value is -8.56. The second-order valence-corrected chi connectivity index (χ2v) is 34.3. The maximum Gasteiger partial charge on any atom is 0.407 e. The molecule has 0 radical (unpaired) electrons. The van der Waals surface area contributed by atoms with Crippen LogP contribution in [0.4, 0.5) is 16.6 Å². The van der Waals surface area contributed by atoms with Crippen LogP contribution >= 0.6 is 0 Å². The number of alkyl carbamates (subject to hydrolysis) is 1. The Morgan fingerprint density at radius 2 is 1.36 bits per heavy atom. The van der Waals surface area contributed by atoms with Crippen LogP contribution in [0.5, 0.6) is 0 Å². The van der Waals surface area contributed by atoms with Gasteiger partial charge in [0.15, 0.2) is 17.0 Å². The van der Waals surface area contributed by atoms with Crippen LogP contribution in [0, 0.1) is 35.5 Å². The minimum Gasteiger partial charge on any atom is -0.460 e. The van der Waals surface area contributed by atoms with E-state index in [1.54, 1.807) is 41.2 Å². The molecule has 128 heavy (non-hydrogen) atoms. The van der Waals surface area contributed by atoms with E-state index in [-0.39, 0.29) is 80.3 Å². The summed E-state index contributed by atoms with van der Waals surface area (Å²) in [6, 6.07) is 10.8. The van der Waals surface area contributed by atoms with Gasteiger partial charge in [-0.1, -0.05) is 89.3 Å². The second-order valence-electron chi connectivity index (χ2n) is 34.3. The van der Waals surface area contributed by atoms with Crippen molar-refractivity contribution >= 4 is 69.4 Å². The van der Waals surface area contributed by atoms with E-state index in [0.29, 0.717) is 222 Å². The molecular formula is C94H138N10O24. The summed E-state index contributed by atoms with van der Waals surface area (Å²) >= 11 is 0. The Bertz CT molecular complexity index is 4480. The number of cyclic esters (lactones) is 1. The highest BCUT2D eigenvalue weighted by molar-refractivity contribution is 6.39. The number of nitrogen functional groups attached to an aromatic ring is 2. The van der Waals surface area contributed by atoms with Crippen molar-refractivity contribution in [1.29, 1.82) is 0 Å². The number of ether oxygens (including phenoxy) is 15. The number of aliphatic hydroxyl groups is 2. The number of nitrogens with one attached hydrogen (secondary N) is 1. The highest BCUT2D eigenvalue weighted by Gasteiger charge is 2.53. The molecule has 10 rings (SSSR count). The lowest BCUT2D eigenvalue weighted by Gasteiger charge is -2.43. The molecule has 2 saturated heterocycles. The van der Waals surface area contributed by atoms with Crippen molar-refractivity contribution in [2.24, 2.45) is 35.5 Å². The molecule has 1 saturated carbocycles. The molecule has 3 amide bonds. The first-order chi connectivity index (χ1) is 61.8. The highest BCUT2D eigenvalue weighted by Crippen LogP contribution is 2.40. The standard InChI is InChI=1S/C94H138N10O24/c1-60-17-13-12-14-18-61(2)77(113-8)55-72-25-20-66(7)94(112,128-72)87(108)90(109)103-31-16-15-19-74(103)91(110)125-79(56-78(114-9)62(3)50-65(6)85(107)86(116-11)84(106)64(5)49-60)63(4)51-67-22-26-76(80(53-67)115-10)127-93(111)97-30-34-118-36-38-120-40-42-122-44-46-124-48-47-123-45-43-121-41-39-119-37-35-117-33-29-81(105)102-32-28-69-52-68(21-23-71(69)58-102)57-104-89-82(88(95)98-59-99-89)83(101-104)70-24-27-75-73(54-70)100-92(96)126-75/h12-14,17-18,21,23-24,27,50,52,54,59-60,62-64,66-67,72,74,76-80,85-86,107,112H,15-16,19-20,22,25-26,28-49,51,53,55-58H2,1-11H3,(H2,96,100)(H,97,111)(H2,95,98,99)/b14-12+,17-13+,61-18+,65-50+/t60-,62?,63-,64?,66-,67+,72+,74+,76?,77+,78-,79+,80-,85-,86+,94-/m1/s1. The SMILES string of the molecule is CO[C@H]1C[C@@H]2CC[C@@H](C)[C@@](O)(O2)C(=O)C(=O)N2CCCC[C@H]2C(=O)O[C@H]([C@H](C)C[C@@H]2CCC(OC(=O)NCCOCCOCCOCCOCCOCCOCCOCCOCCC(=O)N3CCc4cc(Cn5nc(-c6ccc7oc(N)nc7c6)c6c(N)ncnc65)ccc4C3)[C@H](OC)C2)C[C@@H](OC)C(C)/C=C(\C)[C@@H](O)[C@@H](OC)C(=O)C(C)C[C@H](C)/C=C/C=C/C=C/1C. The number of allylic oxidation sites excluding steroid dienone is 5. The number of hydrogen-bond acceptors (Lipinski definition) is 30. The predicted octanol–water partition coefficient (Wildman–Crippen LogP) is 9.63. The molecule has 1 aliphatic carbocycles. The summed E-state index contributed by atoms with van der Waals surface area (Å²) < 4.78 is 95.0. The van der Waals surface area contributed by atoms with Gasteiger partial charge in [-0.25, -0.2) is 24.2 Å². The van der Waals surface area contributed by atoms with E-state index in [2.05, 4.69) is 38.5 Å². The fraction of sp³-hybridized carbons (Fsp3) is 0.660. The normalized spacial score (nSPS) is 27.4. The largest absolute Gasteiger partial charge is 0.460 e. The summed E-state index contributed by atoms with van der Waals surface area (Å²) in [6.45, 7) is 20.9. The molecule has 2 aromatic carbocycles. The molecule has 3 fully saturated rings. The third kappa shape index (κ3) is 29.5. The van der Waals surface area contributed by atoms with Gasteiger partial charge in [0.1, 0.15) is 53.8 Å². The zero-order chi connectivity index (χ0) is 91.7. The Morgan fingerprint density at radius 3 is 2.02 bits per heavy atom. The van der Waals surface area contributed by atoms with E-state index >= 15 is 0 Å². The Kier molecular flexibility index (Phi) is 41.2. The Labute approximate surface area is 751 Å². The van der Waals surface area contributed by atoms with Crippen molar-refractivity contribution < 1.29 is 114 Å². The third-order valence-electron chi connectivity index (χ3n) is 25.0. The number of piperidine rings is 1. The summed E-state index contributed by atoms with van der Waals surface area (Å²) in [4.78, 5) is 101.